The van der Waals surface area contributed by atoms with E-state index < -0.39 is 0 Å². The number of carbonyl (C=O) groups excluding carboxylic acids is 4. The fourth-order valence-electron chi connectivity index (χ4n) is 7.54. The molecule has 4 aromatic carbocycles. The van der Waals surface area contributed by atoms with Crippen LogP contribution in [0.5, 0.6) is 0 Å². The fraction of sp³-hybridized carbons (Fsp3) is 0.245. The lowest BCUT2D eigenvalue weighted by Crippen LogP contribution is -2.36. The minimum Gasteiger partial charge on any atom is -0.395 e. The van der Waals surface area contributed by atoms with E-state index in [1.165, 1.54) is 4.90 Å². The molecule has 2 aliphatic heterocycles. The molecule has 13 heteroatoms. The van der Waals surface area contributed by atoms with E-state index in [4.69, 9.17) is 15.6 Å². The minimum atomic E-state index is -0.386. The van der Waals surface area contributed by atoms with E-state index in [1.54, 1.807) is 37.5 Å². The molecule has 0 saturated carbocycles. The molecule has 0 atom stereocenters. The molecular formula is C53H57N7O6. The normalized spacial score (nSPS) is 13.3. The Balaban J connectivity index is 1.21. The second-order valence-corrected chi connectivity index (χ2v) is 16.1. The van der Waals surface area contributed by atoms with Gasteiger partial charge in [0.05, 0.1) is 18.0 Å². The number of aliphatic hydroxyl groups excluding tert-OH is 1. The number of likely N-dealkylation sites (N-methyl/N-ethyl adjacent to an activating group) is 2. The number of aldehydes is 2. The van der Waals surface area contributed by atoms with E-state index in [0.29, 0.717) is 71.2 Å². The van der Waals surface area contributed by atoms with Gasteiger partial charge in [-0.05, 0) is 107 Å². The minimum absolute atomic E-state index is 0.00274. The van der Waals surface area contributed by atoms with Crippen LogP contribution in [0.25, 0.3) is 46.6 Å². The van der Waals surface area contributed by atoms with Gasteiger partial charge in [0.15, 0.2) is 19.2 Å². The molecule has 0 aromatic heterocycles. The maximum atomic E-state index is 14.0. The molecule has 0 bridgehead atoms. The number of amidine groups is 2. The maximum Gasteiger partial charge on any atom is 0.254 e. The molecular weight excluding hydrogens is 831 g/mol. The number of hydrogen-bond donors (Lipinski definition) is 3. The Bertz CT molecular complexity index is 2670. The third-order valence-electron chi connectivity index (χ3n) is 11.1. The molecule has 66 heavy (non-hydrogen) atoms. The van der Waals surface area contributed by atoms with Crippen molar-refractivity contribution in [3.05, 3.63) is 142 Å². The monoisotopic (exact) mass is 887 g/mol. The Kier molecular flexibility index (Phi) is 16.7. The maximum absolute atomic E-state index is 14.0. The Labute approximate surface area is 386 Å². The number of rotatable bonds is 19. The number of hydroxylamine groups is 1. The second-order valence-electron chi connectivity index (χ2n) is 16.1. The van der Waals surface area contributed by atoms with E-state index in [-0.39, 0.29) is 31.4 Å². The van der Waals surface area contributed by atoms with Gasteiger partial charge in [-0.3, -0.25) is 29.5 Å². The number of fused-ring (bicyclic) bond motifs is 2. The number of benzene rings is 4. The zero-order valence-corrected chi connectivity index (χ0v) is 38.0. The summed E-state index contributed by atoms with van der Waals surface area (Å²) in [4.78, 5) is 71.8. The van der Waals surface area contributed by atoms with Gasteiger partial charge >= 0.3 is 0 Å². The largest absolute Gasteiger partial charge is 0.395 e. The highest BCUT2D eigenvalue weighted by molar-refractivity contribution is 6.06. The number of allylic oxidation sites excluding steroid dienone is 1. The molecule has 0 aliphatic carbocycles. The van der Waals surface area contributed by atoms with Crippen molar-refractivity contribution in [2.75, 3.05) is 46.9 Å². The van der Waals surface area contributed by atoms with Crippen molar-refractivity contribution in [2.45, 2.75) is 39.5 Å². The number of aliphatic imine (C=N–C) groups is 2. The lowest BCUT2D eigenvalue weighted by Gasteiger charge is -2.23. The predicted molar refractivity (Wildman–Crippen MR) is 265 cm³/mol. The average Bonchev–Trinajstić information content (AvgIpc) is 3.61. The summed E-state index contributed by atoms with van der Waals surface area (Å²) in [5.41, 5.74) is 19.3. The van der Waals surface area contributed by atoms with Crippen molar-refractivity contribution in [1.29, 1.82) is 0 Å². The lowest BCUT2D eigenvalue weighted by atomic mass is 9.97. The smallest absolute Gasteiger partial charge is 0.254 e. The quantitative estimate of drug-likeness (QED) is 0.0616. The zero-order chi connectivity index (χ0) is 47.2. The van der Waals surface area contributed by atoms with Crippen molar-refractivity contribution >= 4 is 71.7 Å². The van der Waals surface area contributed by atoms with Crippen LogP contribution in [-0.2, 0) is 14.4 Å². The number of amides is 2. The van der Waals surface area contributed by atoms with E-state index in [2.05, 4.69) is 17.1 Å². The van der Waals surface area contributed by atoms with Gasteiger partial charge in [0.1, 0.15) is 11.7 Å². The summed E-state index contributed by atoms with van der Waals surface area (Å²) in [5.74, 6) is 0.345. The van der Waals surface area contributed by atoms with E-state index in [9.17, 15) is 24.3 Å². The summed E-state index contributed by atoms with van der Waals surface area (Å²) >= 11 is 0. The van der Waals surface area contributed by atoms with Gasteiger partial charge in [-0.15, -0.1) is 0 Å². The van der Waals surface area contributed by atoms with Crippen molar-refractivity contribution in [3.63, 3.8) is 0 Å². The first-order valence-electron chi connectivity index (χ1n) is 22.0. The Morgan fingerprint density at radius 3 is 1.89 bits per heavy atom. The number of nitrogens with one attached hydrogen (secondary N) is 1. The zero-order valence-electron chi connectivity index (χ0n) is 38.0. The Morgan fingerprint density at radius 1 is 0.758 bits per heavy atom. The molecule has 4 aromatic rings. The van der Waals surface area contributed by atoms with Gasteiger partial charge in [0.2, 0.25) is 5.91 Å². The van der Waals surface area contributed by atoms with E-state index in [0.717, 1.165) is 70.1 Å². The molecule has 0 saturated heterocycles. The molecule has 0 spiro atoms. The van der Waals surface area contributed by atoms with Crippen molar-refractivity contribution in [3.8, 4) is 22.3 Å². The van der Waals surface area contributed by atoms with Crippen LogP contribution in [-0.4, -0.2) is 103 Å². The number of aliphatic hydroxyl groups is 1. The van der Waals surface area contributed by atoms with Gasteiger partial charge in [-0.1, -0.05) is 75.0 Å². The summed E-state index contributed by atoms with van der Waals surface area (Å²) in [5, 5.41) is 9.31. The van der Waals surface area contributed by atoms with E-state index >= 15 is 0 Å². The molecule has 4 N–H and O–H groups in total. The topological polar surface area (TPSA) is 170 Å². The Morgan fingerprint density at radius 2 is 1.32 bits per heavy atom. The molecule has 340 valence electrons. The van der Waals surface area contributed by atoms with Crippen LogP contribution in [0, 0.1) is 0 Å². The van der Waals surface area contributed by atoms with Crippen LogP contribution in [0.2, 0.25) is 0 Å². The van der Waals surface area contributed by atoms with E-state index in [1.807, 2.05) is 116 Å². The standard InChI is InChI=1S/C53H57N7O6/c1-6-19-60(20-7-2)53(65)47-29-44-14-10-40(37-11-15-45(33-62)41(27-37)17-21-58(4)23-24-61)31-49(44)56-51(32-47)57-66-35-52(64)59(5)22-18-42-28-38(12-16-46(42)34-63)39-9-13-43-25-36(8-3)26-50(54)55-48(43)30-39/h8-18,21-22,25,27-31,33-34,61H,3,6-7,19-20,23-24,26,32,35H2,1-2,4-5H3,(H2,54,55)(H,56,57)/b21-17-,22-18-. The first-order valence-corrected chi connectivity index (χ1v) is 22.0. The fourth-order valence-corrected chi connectivity index (χ4v) is 7.54. The highest BCUT2D eigenvalue weighted by atomic mass is 16.6. The van der Waals surface area contributed by atoms with Gasteiger partial charge in [0.25, 0.3) is 5.91 Å². The molecule has 6 rings (SSSR count). The third-order valence-corrected chi connectivity index (χ3v) is 11.1. The van der Waals surface area contributed by atoms with Crippen molar-refractivity contribution in [2.24, 2.45) is 15.7 Å². The van der Waals surface area contributed by atoms with Crippen LogP contribution >= 0.6 is 0 Å². The average molecular weight is 888 g/mol. The third kappa shape index (κ3) is 12.2. The summed E-state index contributed by atoms with van der Waals surface area (Å²) < 4.78 is 0. The summed E-state index contributed by atoms with van der Waals surface area (Å²) in [6.45, 7) is 9.25. The highest BCUT2D eigenvalue weighted by Gasteiger charge is 2.23. The molecule has 0 unspecified atom stereocenters. The summed E-state index contributed by atoms with van der Waals surface area (Å²) in [7, 11) is 3.44. The molecule has 2 heterocycles. The van der Waals surface area contributed by atoms with Crippen LogP contribution < -0.4 is 11.2 Å². The summed E-state index contributed by atoms with van der Waals surface area (Å²) in [6.07, 6.45) is 16.4. The first kappa shape index (κ1) is 48.0. The van der Waals surface area contributed by atoms with Crippen LogP contribution in [0.4, 0.5) is 11.4 Å². The van der Waals surface area contributed by atoms with Crippen LogP contribution in [0.3, 0.4) is 0 Å². The van der Waals surface area contributed by atoms with Crippen LogP contribution in [0.1, 0.15) is 82.5 Å². The number of hydrogen-bond acceptors (Lipinski definition) is 11. The Hall–Kier alpha value is -7.48. The van der Waals surface area contributed by atoms with Crippen LogP contribution in [0.15, 0.2) is 119 Å². The van der Waals surface area contributed by atoms with Crippen molar-refractivity contribution in [1.82, 2.24) is 20.2 Å². The second kappa shape index (κ2) is 22.9. The van der Waals surface area contributed by atoms with Gasteiger partial charge in [-0.2, -0.15) is 0 Å². The molecule has 2 aliphatic rings. The lowest BCUT2D eigenvalue weighted by molar-refractivity contribution is -0.134. The predicted octanol–water partition coefficient (Wildman–Crippen LogP) is 8.62. The highest BCUT2D eigenvalue weighted by Crippen LogP contribution is 2.35. The number of nitrogens with zero attached hydrogens (tertiary/aromatic N) is 5. The van der Waals surface area contributed by atoms with Gasteiger partial charge in [-0.25, -0.2) is 9.98 Å². The van der Waals surface area contributed by atoms with Crippen molar-refractivity contribution < 1.29 is 29.1 Å². The summed E-state index contributed by atoms with van der Waals surface area (Å²) in [6, 6.07) is 22.7. The molecule has 2 amide bonds. The molecule has 0 radical (unpaired) electrons. The SMILES string of the molecule is C=CC1=Cc2ccc(-c3ccc(C=O)c(/C=C\N(C)C(=O)CONC4=Nc5cc(-c6ccc(C=O)c(/C=C\N(C)CCO)c6)ccc5C=C(C(=O)N(CCC)CCC)C4)c3)cc2N=C(N)C1. The molecule has 13 nitrogen and oxygen atoms in total. The number of carbonyl (C=O) groups is 4. The first-order chi connectivity index (χ1) is 32.0. The molecule has 0 fully saturated rings. The number of nitrogens with two attached hydrogens (primary N) is 1. The van der Waals surface area contributed by atoms with Gasteiger partial charge in [0, 0.05) is 80.6 Å². The van der Waals surface area contributed by atoms with Gasteiger partial charge < -0.3 is 25.5 Å².